The lowest BCUT2D eigenvalue weighted by atomic mass is 10.1. The van der Waals surface area contributed by atoms with E-state index in [4.69, 9.17) is 0 Å². The molecule has 1 aromatic heterocycles. The summed E-state index contributed by atoms with van der Waals surface area (Å²) < 4.78 is 0. The lowest BCUT2D eigenvalue weighted by Crippen LogP contribution is -2.63. The van der Waals surface area contributed by atoms with Crippen LogP contribution in [0.2, 0.25) is 0 Å². The van der Waals surface area contributed by atoms with E-state index >= 15 is 0 Å². The fourth-order valence-electron chi connectivity index (χ4n) is 2.67. The summed E-state index contributed by atoms with van der Waals surface area (Å²) in [6.45, 7) is 8.14. The maximum atomic E-state index is 4.20. The van der Waals surface area contributed by atoms with Gasteiger partial charge in [-0.25, -0.2) is 4.98 Å². The van der Waals surface area contributed by atoms with Crippen LogP contribution in [0.1, 0.15) is 5.82 Å². The summed E-state index contributed by atoms with van der Waals surface area (Å²) in [6, 6.07) is 0.692. The monoisotopic (exact) mass is 221 g/mol. The first-order valence-electron chi connectivity index (χ1n) is 6.07. The van der Waals surface area contributed by atoms with E-state index in [2.05, 4.69) is 25.1 Å². The number of rotatable bonds is 4. The molecule has 16 heavy (non-hydrogen) atoms. The van der Waals surface area contributed by atoms with Gasteiger partial charge in [0.1, 0.15) is 5.82 Å². The number of nitrogens with zero attached hydrogens (tertiary/aromatic N) is 3. The van der Waals surface area contributed by atoms with Crippen LogP contribution < -0.4 is 5.32 Å². The molecule has 0 aliphatic carbocycles. The number of aromatic amines is 1. The van der Waals surface area contributed by atoms with E-state index in [1.54, 1.807) is 6.20 Å². The number of piperazine rings is 3. The highest BCUT2D eigenvalue weighted by Gasteiger charge is 2.31. The lowest BCUT2D eigenvalue weighted by Gasteiger charge is -2.47. The van der Waals surface area contributed by atoms with Crippen LogP contribution in [0.3, 0.4) is 0 Å². The summed E-state index contributed by atoms with van der Waals surface area (Å²) in [7, 11) is 0. The first-order valence-corrected chi connectivity index (χ1v) is 6.07. The summed E-state index contributed by atoms with van der Waals surface area (Å²) in [5.41, 5.74) is 0. The van der Waals surface area contributed by atoms with Gasteiger partial charge in [0.2, 0.25) is 0 Å². The van der Waals surface area contributed by atoms with Crippen LogP contribution >= 0.6 is 0 Å². The Morgan fingerprint density at radius 2 is 2.25 bits per heavy atom. The van der Waals surface area contributed by atoms with Crippen LogP contribution in [0.25, 0.3) is 0 Å². The molecule has 1 atom stereocenters. The van der Waals surface area contributed by atoms with Gasteiger partial charge in [-0.05, 0) is 0 Å². The second-order valence-electron chi connectivity index (χ2n) is 4.66. The van der Waals surface area contributed by atoms with Gasteiger partial charge in [0.05, 0.1) is 6.54 Å². The molecule has 3 aliphatic rings. The Hall–Kier alpha value is -0.910. The number of nitrogens with one attached hydrogen (secondary N) is 2. The predicted molar refractivity (Wildman–Crippen MR) is 62.1 cm³/mol. The van der Waals surface area contributed by atoms with Gasteiger partial charge in [-0.2, -0.15) is 0 Å². The molecule has 0 saturated carbocycles. The van der Waals surface area contributed by atoms with Crippen molar-refractivity contribution < 1.29 is 0 Å². The van der Waals surface area contributed by atoms with Crippen LogP contribution in [-0.4, -0.2) is 65.1 Å². The molecule has 5 heteroatoms. The largest absolute Gasteiger partial charge is 0.348 e. The average molecular weight is 221 g/mol. The Bertz CT molecular complexity index is 315. The zero-order valence-electron chi connectivity index (χ0n) is 9.52. The summed E-state index contributed by atoms with van der Waals surface area (Å²) in [6.07, 6.45) is 3.67. The van der Waals surface area contributed by atoms with Crippen molar-refractivity contribution in [3.05, 3.63) is 18.2 Å². The lowest BCUT2D eigenvalue weighted by molar-refractivity contribution is 0.0136. The Morgan fingerprint density at radius 1 is 1.38 bits per heavy atom. The molecule has 0 aromatic carbocycles. The molecule has 3 fully saturated rings. The number of hydrogen-bond acceptors (Lipinski definition) is 4. The van der Waals surface area contributed by atoms with Crippen LogP contribution in [0.4, 0.5) is 0 Å². The molecule has 3 aliphatic heterocycles. The number of H-pyrrole nitrogens is 1. The number of aromatic nitrogens is 2. The van der Waals surface area contributed by atoms with E-state index < -0.39 is 0 Å². The molecule has 0 spiro atoms. The van der Waals surface area contributed by atoms with Crippen molar-refractivity contribution in [3.8, 4) is 0 Å². The Morgan fingerprint density at radius 3 is 2.88 bits per heavy atom. The van der Waals surface area contributed by atoms with E-state index in [1.165, 1.54) is 32.7 Å². The van der Waals surface area contributed by atoms with Gasteiger partial charge in [0.25, 0.3) is 0 Å². The molecule has 3 saturated heterocycles. The molecular formula is C11H19N5. The maximum Gasteiger partial charge on any atom is 0.120 e. The zero-order valence-corrected chi connectivity index (χ0v) is 9.52. The van der Waals surface area contributed by atoms with E-state index in [1.807, 2.05) is 6.20 Å². The second-order valence-corrected chi connectivity index (χ2v) is 4.66. The summed E-state index contributed by atoms with van der Waals surface area (Å²) in [4.78, 5) is 12.5. The van der Waals surface area contributed by atoms with Crippen LogP contribution in [-0.2, 0) is 6.54 Å². The van der Waals surface area contributed by atoms with Gasteiger partial charge in [-0.1, -0.05) is 0 Å². The van der Waals surface area contributed by atoms with Crippen molar-refractivity contribution in [1.29, 1.82) is 0 Å². The Labute approximate surface area is 95.8 Å². The molecule has 5 nitrogen and oxygen atoms in total. The van der Waals surface area contributed by atoms with Crippen LogP contribution in [0, 0.1) is 0 Å². The summed E-state index contributed by atoms with van der Waals surface area (Å²) in [5.74, 6) is 1.02. The number of imidazole rings is 1. The molecule has 2 N–H and O–H groups in total. The molecule has 88 valence electrons. The highest BCUT2D eigenvalue weighted by atomic mass is 15.3. The van der Waals surface area contributed by atoms with Gasteiger partial charge in [-0.3, -0.25) is 9.80 Å². The van der Waals surface area contributed by atoms with Crippen molar-refractivity contribution >= 4 is 0 Å². The Balaban J connectivity index is 1.45. The molecule has 0 amide bonds. The first kappa shape index (κ1) is 10.3. The molecule has 4 rings (SSSR count). The predicted octanol–water partition coefficient (Wildman–Crippen LogP) is -0.501. The average Bonchev–Trinajstić information content (AvgIpc) is 2.84. The third-order valence-electron chi connectivity index (χ3n) is 3.62. The van der Waals surface area contributed by atoms with Gasteiger partial charge in [0.15, 0.2) is 0 Å². The zero-order chi connectivity index (χ0) is 10.8. The molecule has 2 bridgehead atoms. The van der Waals surface area contributed by atoms with Crippen LogP contribution in [0.15, 0.2) is 12.4 Å². The first-order chi connectivity index (χ1) is 7.92. The van der Waals surface area contributed by atoms with E-state index in [9.17, 15) is 0 Å². The fraction of sp³-hybridized carbons (Fsp3) is 0.727. The van der Waals surface area contributed by atoms with Crippen LogP contribution in [0.5, 0.6) is 0 Å². The van der Waals surface area contributed by atoms with Gasteiger partial charge in [0, 0.05) is 57.7 Å². The van der Waals surface area contributed by atoms with Crippen molar-refractivity contribution in [3.63, 3.8) is 0 Å². The molecule has 0 radical (unpaired) electrons. The van der Waals surface area contributed by atoms with Crippen molar-refractivity contribution in [2.45, 2.75) is 12.6 Å². The fourth-order valence-corrected chi connectivity index (χ4v) is 2.67. The quantitative estimate of drug-likeness (QED) is 0.719. The van der Waals surface area contributed by atoms with Gasteiger partial charge < -0.3 is 10.3 Å². The topological polar surface area (TPSA) is 47.2 Å². The number of fused-ring (bicyclic) bond motifs is 3. The molecule has 1 aromatic rings. The van der Waals surface area contributed by atoms with Crippen molar-refractivity contribution in [2.75, 3.05) is 39.3 Å². The SMILES string of the molecule is c1c[nH]c(CNCC2CN3CCN2CC3)n1. The smallest absolute Gasteiger partial charge is 0.120 e. The standard InChI is InChI=1S/C11H19N5/c1-2-14-11(13-1)8-12-7-10-9-15-3-5-16(10)6-4-15/h1-2,10,12H,3-9H2,(H,13,14). The van der Waals surface area contributed by atoms with Crippen molar-refractivity contribution in [1.82, 2.24) is 25.1 Å². The highest BCUT2D eigenvalue weighted by molar-refractivity contribution is 4.91. The van der Waals surface area contributed by atoms with E-state index in [0.29, 0.717) is 6.04 Å². The molecule has 4 heterocycles. The minimum Gasteiger partial charge on any atom is -0.348 e. The van der Waals surface area contributed by atoms with E-state index in [-0.39, 0.29) is 0 Å². The third-order valence-corrected chi connectivity index (χ3v) is 3.62. The van der Waals surface area contributed by atoms with Gasteiger partial charge in [-0.15, -0.1) is 0 Å². The molecular weight excluding hydrogens is 202 g/mol. The third kappa shape index (κ3) is 2.11. The maximum absolute atomic E-state index is 4.20. The summed E-state index contributed by atoms with van der Waals surface area (Å²) >= 11 is 0. The Kier molecular flexibility index (Phi) is 2.90. The van der Waals surface area contributed by atoms with Gasteiger partial charge >= 0.3 is 0 Å². The second kappa shape index (κ2) is 4.53. The molecule has 1 unspecified atom stereocenters. The minimum absolute atomic E-state index is 0.692. The number of hydrogen-bond donors (Lipinski definition) is 2. The highest BCUT2D eigenvalue weighted by Crippen LogP contribution is 2.14. The van der Waals surface area contributed by atoms with Crippen molar-refractivity contribution in [2.24, 2.45) is 0 Å². The normalized spacial score (nSPS) is 33.1. The minimum atomic E-state index is 0.692. The summed E-state index contributed by atoms with van der Waals surface area (Å²) in [5, 5.41) is 3.48. The van der Waals surface area contributed by atoms with E-state index in [0.717, 1.165) is 18.9 Å².